The molecule has 0 aliphatic carbocycles. The number of guanidine groups is 2. The number of nitrogens with one attached hydrogen (secondary N) is 2. The highest BCUT2D eigenvalue weighted by Crippen LogP contribution is 2.13. The van der Waals surface area contributed by atoms with E-state index in [0.29, 0.717) is 11.3 Å². The molecule has 0 aliphatic rings. The van der Waals surface area contributed by atoms with Gasteiger partial charge in [-0.05, 0) is 36.6 Å². The highest BCUT2D eigenvalue weighted by atomic mass is 16.4. The largest absolute Gasteiger partial charge is 0.481 e. The van der Waals surface area contributed by atoms with E-state index in [1.54, 1.807) is 24.3 Å². The molecule has 1 aromatic rings. The maximum Gasteiger partial charge on any atom is 0.326 e. The number of hydrogen-bond acceptors (Lipinski definition) is 7. The van der Waals surface area contributed by atoms with Gasteiger partial charge in [0, 0.05) is 19.7 Å². The van der Waals surface area contributed by atoms with Gasteiger partial charge in [-0.1, -0.05) is 12.1 Å². The summed E-state index contributed by atoms with van der Waals surface area (Å²) in [7, 11) is 1.33. The first-order valence-corrected chi connectivity index (χ1v) is 11.5. The van der Waals surface area contributed by atoms with Crippen molar-refractivity contribution in [3.05, 3.63) is 35.9 Å². The SMILES string of the molecule is CN(CC(=O)N[C@@H](CC(=O)O)C(=O)N[C@@H](CCCN=C(N)N)C(=O)O)C(=O)C=Cc1ccc(N=C(N)N)cc1. The summed E-state index contributed by atoms with van der Waals surface area (Å²) in [6.07, 6.45) is 2.06. The van der Waals surface area contributed by atoms with Crippen molar-refractivity contribution in [3.8, 4) is 0 Å². The number of rotatable bonds is 15. The third-order valence-electron chi connectivity index (χ3n) is 4.92. The normalized spacial score (nSPS) is 12.0. The molecule has 0 spiro atoms. The summed E-state index contributed by atoms with van der Waals surface area (Å²) >= 11 is 0. The second-order valence-corrected chi connectivity index (χ2v) is 8.22. The van der Waals surface area contributed by atoms with E-state index in [0.717, 1.165) is 4.90 Å². The molecule has 0 aromatic heterocycles. The number of carbonyl (C=O) groups excluding carboxylic acids is 3. The standard InChI is InChI=1S/C23H33N9O7/c1-32(18(34)9-6-13-4-7-14(8-5-13)29-23(26)27)12-17(33)30-16(11-19(35)36)20(37)31-15(21(38)39)3-2-10-28-22(24)25/h4-9,15-16H,2-3,10-12H2,1H3,(H,30,33)(H,31,37)(H,35,36)(H,38,39)(H4,24,25,28)(H4,26,27,29)/t15-,16-/m0/s1. The summed E-state index contributed by atoms with van der Waals surface area (Å²) in [5, 5.41) is 22.9. The topological polar surface area (TPSA) is 282 Å². The molecule has 0 aliphatic heterocycles. The Morgan fingerprint density at radius 1 is 0.974 bits per heavy atom. The molecule has 16 nitrogen and oxygen atoms in total. The van der Waals surface area contributed by atoms with Crippen LogP contribution < -0.4 is 33.6 Å². The van der Waals surface area contributed by atoms with Crippen LogP contribution in [0.1, 0.15) is 24.8 Å². The predicted octanol–water partition coefficient (Wildman–Crippen LogP) is -2.35. The zero-order valence-corrected chi connectivity index (χ0v) is 21.2. The van der Waals surface area contributed by atoms with Crippen molar-refractivity contribution in [2.75, 3.05) is 20.1 Å². The van der Waals surface area contributed by atoms with E-state index >= 15 is 0 Å². The number of amides is 3. The van der Waals surface area contributed by atoms with Gasteiger partial charge in [-0.2, -0.15) is 0 Å². The van der Waals surface area contributed by atoms with E-state index in [2.05, 4.69) is 20.6 Å². The fourth-order valence-electron chi connectivity index (χ4n) is 3.05. The minimum Gasteiger partial charge on any atom is -0.481 e. The predicted molar refractivity (Wildman–Crippen MR) is 142 cm³/mol. The first-order valence-electron chi connectivity index (χ1n) is 11.5. The summed E-state index contributed by atoms with van der Waals surface area (Å²) < 4.78 is 0. The van der Waals surface area contributed by atoms with Gasteiger partial charge in [0.05, 0.1) is 18.7 Å². The maximum atomic E-state index is 12.6. The zero-order valence-electron chi connectivity index (χ0n) is 21.2. The van der Waals surface area contributed by atoms with E-state index < -0.39 is 54.7 Å². The first-order chi connectivity index (χ1) is 18.3. The molecule has 0 radical (unpaired) electrons. The van der Waals surface area contributed by atoms with Gasteiger partial charge in [0.15, 0.2) is 11.9 Å². The van der Waals surface area contributed by atoms with Crippen LogP contribution >= 0.6 is 0 Å². The zero-order chi connectivity index (χ0) is 29.5. The quantitative estimate of drug-likeness (QED) is 0.0497. The van der Waals surface area contributed by atoms with Crippen LogP contribution in [-0.2, 0) is 24.0 Å². The van der Waals surface area contributed by atoms with Crippen LogP contribution in [0.25, 0.3) is 6.08 Å². The second kappa shape index (κ2) is 15.9. The number of likely N-dealkylation sites (N-methyl/N-ethyl adjacent to an activating group) is 1. The number of hydrogen-bond donors (Lipinski definition) is 8. The van der Waals surface area contributed by atoms with Crippen molar-refractivity contribution < 1.29 is 34.2 Å². The maximum absolute atomic E-state index is 12.6. The average molecular weight is 548 g/mol. The van der Waals surface area contributed by atoms with Crippen molar-refractivity contribution in [3.63, 3.8) is 0 Å². The van der Waals surface area contributed by atoms with E-state index in [1.807, 2.05) is 0 Å². The van der Waals surface area contributed by atoms with Gasteiger partial charge in [-0.25, -0.2) is 9.79 Å². The summed E-state index contributed by atoms with van der Waals surface area (Å²) in [4.78, 5) is 68.8. The molecule has 0 heterocycles. The molecule has 16 heteroatoms. The number of aliphatic imine (C=N–C) groups is 2. The fraction of sp³-hybridized carbons (Fsp3) is 0.348. The van der Waals surface area contributed by atoms with E-state index in [-0.39, 0.29) is 31.3 Å². The summed E-state index contributed by atoms with van der Waals surface area (Å²) in [6, 6.07) is 3.64. The van der Waals surface area contributed by atoms with Crippen molar-refractivity contribution >= 4 is 53.3 Å². The Hall–Kier alpha value is -5.15. The molecule has 212 valence electrons. The number of aliphatic carboxylic acids is 2. The number of carboxylic acid groups (broad SMARTS) is 2. The molecule has 0 saturated carbocycles. The number of nitrogens with two attached hydrogens (primary N) is 4. The van der Waals surface area contributed by atoms with Crippen LogP contribution in [0.2, 0.25) is 0 Å². The Morgan fingerprint density at radius 3 is 2.15 bits per heavy atom. The molecule has 2 atom stereocenters. The number of benzene rings is 1. The molecule has 1 aromatic carbocycles. The van der Waals surface area contributed by atoms with E-state index in [1.165, 1.54) is 19.2 Å². The van der Waals surface area contributed by atoms with Gasteiger partial charge in [0.1, 0.15) is 12.1 Å². The highest BCUT2D eigenvalue weighted by molar-refractivity contribution is 5.96. The molecule has 0 unspecified atom stereocenters. The third-order valence-corrected chi connectivity index (χ3v) is 4.92. The van der Waals surface area contributed by atoms with Crippen molar-refractivity contribution in [1.29, 1.82) is 0 Å². The lowest BCUT2D eigenvalue weighted by Gasteiger charge is -2.22. The Kier molecular flexibility index (Phi) is 13.0. The minimum absolute atomic E-state index is 0.0494. The molecule has 39 heavy (non-hydrogen) atoms. The Balaban J connectivity index is 2.75. The molecule has 0 bridgehead atoms. The number of carbonyl (C=O) groups is 5. The van der Waals surface area contributed by atoms with Crippen molar-refractivity contribution in [2.24, 2.45) is 32.9 Å². The van der Waals surface area contributed by atoms with E-state index in [9.17, 15) is 29.1 Å². The van der Waals surface area contributed by atoms with Gasteiger partial charge >= 0.3 is 11.9 Å². The Morgan fingerprint density at radius 2 is 1.62 bits per heavy atom. The summed E-state index contributed by atoms with van der Waals surface area (Å²) in [5.41, 5.74) is 22.2. The van der Waals surface area contributed by atoms with Gasteiger partial charge in [0.2, 0.25) is 17.7 Å². The highest BCUT2D eigenvalue weighted by Gasteiger charge is 2.28. The van der Waals surface area contributed by atoms with Gasteiger partial charge in [-0.15, -0.1) is 0 Å². The molecule has 0 saturated heterocycles. The van der Waals surface area contributed by atoms with Gasteiger partial charge in [0.25, 0.3) is 0 Å². The summed E-state index contributed by atoms with van der Waals surface area (Å²) in [6.45, 7) is -0.383. The Bertz CT molecular complexity index is 1130. The number of nitrogens with zero attached hydrogens (tertiary/aromatic N) is 3. The van der Waals surface area contributed by atoms with Crippen LogP contribution in [0, 0.1) is 0 Å². The lowest BCUT2D eigenvalue weighted by molar-refractivity contribution is -0.143. The van der Waals surface area contributed by atoms with Crippen LogP contribution in [0.15, 0.2) is 40.3 Å². The number of carboxylic acids is 2. The minimum atomic E-state index is -1.59. The fourth-order valence-corrected chi connectivity index (χ4v) is 3.05. The van der Waals surface area contributed by atoms with Gasteiger partial charge < -0.3 is 48.7 Å². The monoisotopic (exact) mass is 547 g/mol. The van der Waals surface area contributed by atoms with Crippen LogP contribution in [-0.4, -0.2) is 88.9 Å². The molecular weight excluding hydrogens is 514 g/mol. The molecule has 0 fully saturated rings. The average Bonchev–Trinajstić information content (AvgIpc) is 2.83. The Labute approximate surface area is 223 Å². The molecule has 12 N–H and O–H groups in total. The van der Waals surface area contributed by atoms with Crippen molar-refractivity contribution in [1.82, 2.24) is 15.5 Å². The van der Waals surface area contributed by atoms with E-state index in [4.69, 9.17) is 28.0 Å². The molecular formula is C23H33N9O7. The van der Waals surface area contributed by atoms with Gasteiger partial charge in [-0.3, -0.25) is 24.2 Å². The third kappa shape index (κ3) is 13.1. The summed E-state index contributed by atoms with van der Waals surface area (Å²) in [5.74, 6) is -5.45. The lowest BCUT2D eigenvalue weighted by Crippen LogP contribution is -2.53. The van der Waals surface area contributed by atoms with Crippen LogP contribution in [0.3, 0.4) is 0 Å². The lowest BCUT2D eigenvalue weighted by atomic mass is 10.1. The molecule has 1 rings (SSSR count). The first kappa shape index (κ1) is 31.9. The molecule has 3 amide bonds. The second-order valence-electron chi connectivity index (χ2n) is 8.22. The van der Waals surface area contributed by atoms with Crippen LogP contribution in [0.5, 0.6) is 0 Å². The smallest absolute Gasteiger partial charge is 0.326 e. The van der Waals surface area contributed by atoms with Crippen LogP contribution in [0.4, 0.5) is 5.69 Å². The van der Waals surface area contributed by atoms with Crippen molar-refractivity contribution in [2.45, 2.75) is 31.3 Å².